The topological polar surface area (TPSA) is 104 Å². The quantitative estimate of drug-likeness (QED) is 0.193. The highest BCUT2D eigenvalue weighted by atomic mass is 16.5. The standard InChI is InChI=1S/C31H41N5O4/c37-29-27(28(30(29)38)34-26-13-16-32-17-14-26)33-15-8-3-1-2-4-9-19-36(31(39)25-11-6-5-7-12-25)20-10-18-35-21-23-40-24-22-35/h5-7,11-14,16-17,33H,1-4,8-10,15,18-24H2,(H,32,34). The van der Waals surface area contributed by atoms with E-state index >= 15 is 0 Å². The smallest absolute Gasteiger partial charge is 0.253 e. The fourth-order valence-corrected chi connectivity index (χ4v) is 5.00. The van der Waals surface area contributed by atoms with Gasteiger partial charge in [0.1, 0.15) is 11.4 Å². The molecule has 0 unspecified atom stereocenters. The Kier molecular flexibility index (Phi) is 11.7. The van der Waals surface area contributed by atoms with Crippen LogP contribution in [0.15, 0.2) is 64.4 Å². The Morgan fingerprint density at radius 2 is 1.48 bits per heavy atom. The van der Waals surface area contributed by atoms with Gasteiger partial charge in [-0.05, 0) is 43.5 Å². The maximum absolute atomic E-state index is 13.1. The second-order valence-electron chi connectivity index (χ2n) is 10.3. The summed E-state index contributed by atoms with van der Waals surface area (Å²) in [5, 5.41) is 6.15. The summed E-state index contributed by atoms with van der Waals surface area (Å²) in [6.45, 7) is 6.72. The molecule has 2 aromatic carbocycles. The fraction of sp³-hybridized carbons (Fsp3) is 0.484. The number of benzene rings is 1. The molecule has 1 aliphatic heterocycles. The first-order valence-electron chi connectivity index (χ1n) is 14.5. The molecule has 0 bridgehead atoms. The Labute approximate surface area is 236 Å². The van der Waals surface area contributed by atoms with Gasteiger partial charge in [0.15, 0.2) is 0 Å². The van der Waals surface area contributed by atoms with Crippen molar-refractivity contribution in [3.63, 3.8) is 0 Å². The van der Waals surface area contributed by atoms with E-state index in [0.717, 1.165) is 102 Å². The Morgan fingerprint density at radius 3 is 2.23 bits per heavy atom. The van der Waals surface area contributed by atoms with Gasteiger partial charge in [0.2, 0.25) is 0 Å². The van der Waals surface area contributed by atoms with Gasteiger partial charge in [-0.15, -0.1) is 0 Å². The molecule has 2 heterocycles. The van der Waals surface area contributed by atoms with Gasteiger partial charge >= 0.3 is 0 Å². The van der Waals surface area contributed by atoms with Crippen LogP contribution in [0.5, 0.6) is 0 Å². The highest BCUT2D eigenvalue weighted by Crippen LogP contribution is 2.20. The van der Waals surface area contributed by atoms with E-state index in [9.17, 15) is 14.4 Å². The van der Waals surface area contributed by atoms with E-state index in [-0.39, 0.29) is 5.91 Å². The van der Waals surface area contributed by atoms with Crippen LogP contribution in [-0.2, 0) is 4.74 Å². The number of amides is 1. The van der Waals surface area contributed by atoms with Gasteiger partial charge in [-0.3, -0.25) is 24.3 Å². The Morgan fingerprint density at radius 1 is 0.825 bits per heavy atom. The highest BCUT2D eigenvalue weighted by molar-refractivity contribution is 5.94. The van der Waals surface area contributed by atoms with Gasteiger partial charge in [0, 0.05) is 62.9 Å². The largest absolute Gasteiger partial charge is 0.380 e. The maximum atomic E-state index is 13.1. The minimum Gasteiger partial charge on any atom is -0.380 e. The van der Waals surface area contributed by atoms with Crippen molar-refractivity contribution in [3.05, 3.63) is 80.9 Å². The van der Waals surface area contributed by atoms with Crippen molar-refractivity contribution in [2.45, 2.75) is 44.9 Å². The second-order valence-corrected chi connectivity index (χ2v) is 10.3. The third kappa shape index (κ3) is 8.72. The fourth-order valence-electron chi connectivity index (χ4n) is 5.00. The molecule has 40 heavy (non-hydrogen) atoms. The molecule has 3 aromatic rings. The molecule has 1 fully saturated rings. The lowest BCUT2D eigenvalue weighted by Crippen LogP contribution is -2.39. The van der Waals surface area contributed by atoms with Crippen LogP contribution >= 0.6 is 0 Å². The minimum atomic E-state index is -0.486. The molecule has 0 atom stereocenters. The molecule has 0 aliphatic carbocycles. The number of pyridine rings is 1. The molecule has 0 spiro atoms. The molecule has 9 nitrogen and oxygen atoms in total. The van der Waals surface area contributed by atoms with Crippen LogP contribution in [0.3, 0.4) is 0 Å². The van der Waals surface area contributed by atoms with E-state index in [2.05, 4.69) is 20.5 Å². The van der Waals surface area contributed by atoms with Crippen molar-refractivity contribution in [1.82, 2.24) is 14.8 Å². The minimum absolute atomic E-state index is 0.116. The number of carbonyl (C=O) groups is 1. The van der Waals surface area contributed by atoms with Crippen LogP contribution in [-0.4, -0.2) is 73.2 Å². The lowest BCUT2D eigenvalue weighted by Gasteiger charge is -2.28. The summed E-state index contributed by atoms with van der Waals surface area (Å²) in [6, 6.07) is 13.1. The first-order valence-corrected chi connectivity index (χ1v) is 14.5. The van der Waals surface area contributed by atoms with E-state index < -0.39 is 10.9 Å². The first kappa shape index (κ1) is 29.4. The van der Waals surface area contributed by atoms with Gasteiger partial charge in [0.05, 0.1) is 13.2 Å². The van der Waals surface area contributed by atoms with Crippen LogP contribution < -0.4 is 21.5 Å². The van der Waals surface area contributed by atoms with E-state index in [1.807, 2.05) is 35.2 Å². The molecule has 1 amide bonds. The Hall–Kier alpha value is -3.56. The molecular weight excluding hydrogens is 506 g/mol. The van der Waals surface area contributed by atoms with Crippen molar-refractivity contribution in [1.29, 1.82) is 0 Å². The van der Waals surface area contributed by atoms with E-state index in [1.165, 1.54) is 0 Å². The molecule has 0 radical (unpaired) electrons. The average molecular weight is 548 g/mol. The Balaban J connectivity index is 1.12. The normalized spacial score (nSPS) is 13.8. The number of aromatic nitrogens is 1. The molecule has 2 N–H and O–H groups in total. The van der Waals surface area contributed by atoms with E-state index in [4.69, 9.17) is 4.74 Å². The van der Waals surface area contributed by atoms with Gasteiger partial charge in [-0.2, -0.15) is 0 Å². The predicted molar refractivity (Wildman–Crippen MR) is 159 cm³/mol. The van der Waals surface area contributed by atoms with Crippen LogP contribution in [0.4, 0.5) is 17.1 Å². The molecule has 0 saturated carbocycles. The molecular formula is C31H41N5O4. The monoisotopic (exact) mass is 547 g/mol. The highest BCUT2D eigenvalue weighted by Gasteiger charge is 2.20. The van der Waals surface area contributed by atoms with Crippen LogP contribution in [0.2, 0.25) is 0 Å². The molecule has 1 aliphatic rings. The lowest BCUT2D eigenvalue weighted by atomic mass is 10.1. The number of anilines is 3. The third-order valence-electron chi connectivity index (χ3n) is 7.33. The van der Waals surface area contributed by atoms with Crippen LogP contribution in [0.25, 0.3) is 0 Å². The summed E-state index contributed by atoms with van der Waals surface area (Å²) < 4.78 is 5.44. The number of unbranched alkanes of at least 4 members (excludes halogenated alkanes) is 5. The summed E-state index contributed by atoms with van der Waals surface area (Å²) in [5.41, 5.74) is 1.24. The zero-order chi connectivity index (χ0) is 28.0. The average Bonchev–Trinajstić information content (AvgIpc) is 3.01. The second kappa shape index (κ2) is 15.9. The molecule has 214 valence electrons. The summed E-state index contributed by atoms with van der Waals surface area (Å²) in [6.07, 6.45) is 10.5. The van der Waals surface area contributed by atoms with Gasteiger partial charge < -0.3 is 20.3 Å². The summed E-state index contributed by atoms with van der Waals surface area (Å²) in [7, 11) is 0. The van der Waals surface area contributed by atoms with Crippen molar-refractivity contribution >= 4 is 23.0 Å². The summed E-state index contributed by atoms with van der Waals surface area (Å²) >= 11 is 0. The number of ether oxygens (including phenoxy) is 1. The van der Waals surface area contributed by atoms with Crippen LogP contribution in [0, 0.1) is 0 Å². The van der Waals surface area contributed by atoms with Crippen molar-refractivity contribution in [2.24, 2.45) is 0 Å². The molecule has 4 rings (SSSR count). The third-order valence-corrected chi connectivity index (χ3v) is 7.33. The van der Waals surface area contributed by atoms with E-state index in [1.54, 1.807) is 24.5 Å². The Bertz CT molecular complexity index is 1240. The number of morpholine rings is 1. The van der Waals surface area contributed by atoms with Crippen molar-refractivity contribution < 1.29 is 9.53 Å². The predicted octanol–water partition coefficient (Wildman–Crippen LogP) is 4.04. The van der Waals surface area contributed by atoms with Crippen LogP contribution in [0.1, 0.15) is 55.3 Å². The van der Waals surface area contributed by atoms with Crippen molar-refractivity contribution in [2.75, 3.05) is 63.1 Å². The number of nitrogens with one attached hydrogen (secondary N) is 2. The van der Waals surface area contributed by atoms with Crippen molar-refractivity contribution in [3.8, 4) is 0 Å². The molecule has 1 aromatic heterocycles. The number of hydrogen-bond donors (Lipinski definition) is 2. The summed E-state index contributed by atoms with van der Waals surface area (Å²) in [4.78, 5) is 45.5. The van der Waals surface area contributed by atoms with Gasteiger partial charge in [-0.1, -0.05) is 43.9 Å². The summed E-state index contributed by atoms with van der Waals surface area (Å²) in [5.74, 6) is 0.116. The SMILES string of the molecule is O=C(c1ccccc1)N(CCCCCCCCNc1c(Nc2ccncc2)c(=O)c1=O)CCCN1CCOCC1. The zero-order valence-electron chi connectivity index (χ0n) is 23.3. The van der Waals surface area contributed by atoms with Gasteiger partial charge in [0.25, 0.3) is 16.8 Å². The lowest BCUT2D eigenvalue weighted by molar-refractivity contribution is 0.0357. The number of nitrogens with zero attached hydrogens (tertiary/aromatic N) is 3. The first-order chi connectivity index (χ1) is 19.6. The van der Waals surface area contributed by atoms with E-state index in [0.29, 0.717) is 17.9 Å². The number of rotatable bonds is 17. The zero-order valence-corrected chi connectivity index (χ0v) is 23.3. The van der Waals surface area contributed by atoms with Gasteiger partial charge in [-0.25, -0.2) is 0 Å². The molecule has 9 heteroatoms. The number of carbonyl (C=O) groups excluding carboxylic acids is 1. The number of hydrogen-bond acceptors (Lipinski definition) is 8. The molecule has 1 saturated heterocycles. The maximum Gasteiger partial charge on any atom is 0.253 e.